The highest BCUT2D eigenvalue weighted by molar-refractivity contribution is 5.76. The van der Waals surface area contributed by atoms with Crippen molar-refractivity contribution in [2.24, 2.45) is 5.92 Å². The van der Waals surface area contributed by atoms with E-state index in [0.29, 0.717) is 23.7 Å². The van der Waals surface area contributed by atoms with Gasteiger partial charge in [0, 0.05) is 38.3 Å². The molecule has 1 aromatic heterocycles. The number of carbonyl (C=O) groups is 1. The molecule has 2 heterocycles. The lowest BCUT2D eigenvalue weighted by atomic mass is 10.1. The van der Waals surface area contributed by atoms with Gasteiger partial charge in [-0.25, -0.2) is 4.98 Å². The van der Waals surface area contributed by atoms with Gasteiger partial charge in [-0.1, -0.05) is 0 Å². The molecule has 6 nitrogen and oxygen atoms in total. The van der Waals surface area contributed by atoms with Crippen LogP contribution < -0.4 is 10.6 Å². The van der Waals surface area contributed by atoms with Crippen molar-refractivity contribution in [2.45, 2.75) is 32.7 Å². The maximum Gasteiger partial charge on any atom is 0.221 e. The minimum atomic E-state index is 0.119. The molecule has 0 aromatic carbocycles. The van der Waals surface area contributed by atoms with Crippen LogP contribution in [-0.4, -0.2) is 48.0 Å². The highest BCUT2D eigenvalue weighted by atomic mass is 16.1. The molecule has 1 aromatic rings. The third-order valence-electron chi connectivity index (χ3n) is 3.96. The van der Waals surface area contributed by atoms with Gasteiger partial charge in [-0.3, -0.25) is 4.79 Å². The predicted molar refractivity (Wildman–Crippen MR) is 89.9 cm³/mol. The van der Waals surface area contributed by atoms with E-state index in [2.05, 4.69) is 26.6 Å². The summed E-state index contributed by atoms with van der Waals surface area (Å²) in [6.07, 6.45) is 3.35. The molecule has 23 heavy (non-hydrogen) atoms. The molecule has 1 aliphatic rings. The van der Waals surface area contributed by atoms with Crippen molar-refractivity contribution in [1.29, 1.82) is 5.26 Å². The third kappa shape index (κ3) is 5.53. The molecule has 0 spiro atoms. The Morgan fingerprint density at radius 1 is 1.57 bits per heavy atom. The summed E-state index contributed by atoms with van der Waals surface area (Å²) in [5.74, 6) is 1.30. The zero-order valence-corrected chi connectivity index (χ0v) is 13.9. The molecule has 1 amide bonds. The number of rotatable bonds is 7. The standard InChI is InChI=1S/C17H25N5O/c1-13(2)21-16(23)6-9-22-8-5-14(12-22)11-20-17-15(10-18)4-3-7-19-17/h3-4,7,13-14H,5-6,8-9,11-12H2,1-2H3,(H,19,20)(H,21,23). The van der Waals surface area contributed by atoms with Crippen LogP contribution in [0.4, 0.5) is 5.82 Å². The molecule has 1 saturated heterocycles. The number of amides is 1. The zero-order chi connectivity index (χ0) is 16.7. The van der Waals surface area contributed by atoms with E-state index < -0.39 is 0 Å². The second-order valence-electron chi connectivity index (χ2n) is 6.32. The second kappa shape index (κ2) is 8.49. The van der Waals surface area contributed by atoms with Crippen LogP contribution in [-0.2, 0) is 4.79 Å². The van der Waals surface area contributed by atoms with E-state index in [-0.39, 0.29) is 11.9 Å². The fraction of sp³-hybridized carbons (Fsp3) is 0.588. The Bertz CT molecular complexity index is 566. The average Bonchev–Trinajstić information content (AvgIpc) is 2.98. The molecule has 0 bridgehead atoms. The van der Waals surface area contributed by atoms with Gasteiger partial charge in [0.2, 0.25) is 5.91 Å². The summed E-state index contributed by atoms with van der Waals surface area (Å²) < 4.78 is 0. The van der Waals surface area contributed by atoms with Crippen molar-refractivity contribution >= 4 is 11.7 Å². The monoisotopic (exact) mass is 315 g/mol. The van der Waals surface area contributed by atoms with Crippen molar-refractivity contribution in [3.8, 4) is 6.07 Å². The minimum Gasteiger partial charge on any atom is -0.369 e. The molecule has 1 unspecified atom stereocenters. The molecule has 1 aliphatic heterocycles. The van der Waals surface area contributed by atoms with Gasteiger partial charge in [0.05, 0.1) is 5.56 Å². The lowest BCUT2D eigenvalue weighted by molar-refractivity contribution is -0.121. The van der Waals surface area contributed by atoms with Crippen LogP contribution >= 0.6 is 0 Å². The molecule has 1 fully saturated rings. The van der Waals surface area contributed by atoms with E-state index in [1.807, 2.05) is 13.8 Å². The van der Waals surface area contributed by atoms with Crippen molar-refractivity contribution in [3.05, 3.63) is 23.9 Å². The van der Waals surface area contributed by atoms with Gasteiger partial charge in [0.15, 0.2) is 0 Å². The lowest BCUT2D eigenvalue weighted by Crippen LogP contribution is -2.33. The number of hydrogen-bond acceptors (Lipinski definition) is 5. The Hall–Kier alpha value is -2.13. The van der Waals surface area contributed by atoms with Gasteiger partial charge in [-0.05, 0) is 44.9 Å². The number of nitriles is 1. The summed E-state index contributed by atoms with van der Waals surface area (Å²) in [6, 6.07) is 5.88. The molecule has 1 atom stereocenters. The quantitative estimate of drug-likeness (QED) is 0.799. The van der Waals surface area contributed by atoms with E-state index >= 15 is 0 Å². The first-order valence-corrected chi connectivity index (χ1v) is 8.19. The first-order chi connectivity index (χ1) is 11.1. The number of nitrogens with zero attached hydrogens (tertiary/aromatic N) is 3. The Balaban J connectivity index is 1.71. The number of nitrogens with one attached hydrogen (secondary N) is 2. The van der Waals surface area contributed by atoms with Crippen molar-refractivity contribution < 1.29 is 4.79 Å². The SMILES string of the molecule is CC(C)NC(=O)CCN1CCC(CNc2ncccc2C#N)C1. The molecule has 6 heteroatoms. The van der Waals surface area contributed by atoms with Gasteiger partial charge in [-0.2, -0.15) is 5.26 Å². The summed E-state index contributed by atoms with van der Waals surface area (Å²) in [5, 5.41) is 15.3. The molecule has 0 radical (unpaired) electrons. The van der Waals surface area contributed by atoms with Crippen LogP contribution in [0.5, 0.6) is 0 Å². The largest absolute Gasteiger partial charge is 0.369 e. The maximum atomic E-state index is 11.7. The first kappa shape index (κ1) is 17.2. The van der Waals surface area contributed by atoms with Gasteiger partial charge >= 0.3 is 0 Å². The third-order valence-corrected chi connectivity index (χ3v) is 3.96. The Morgan fingerprint density at radius 3 is 3.13 bits per heavy atom. The highest BCUT2D eigenvalue weighted by Gasteiger charge is 2.22. The molecule has 124 valence electrons. The van der Waals surface area contributed by atoms with Gasteiger partial charge < -0.3 is 15.5 Å². The number of aromatic nitrogens is 1. The van der Waals surface area contributed by atoms with Crippen LogP contribution in [0.1, 0.15) is 32.3 Å². The van der Waals surface area contributed by atoms with Crippen LogP contribution in [0.2, 0.25) is 0 Å². The molecular formula is C17H25N5O. The Morgan fingerprint density at radius 2 is 2.39 bits per heavy atom. The lowest BCUT2D eigenvalue weighted by Gasteiger charge is -2.17. The molecule has 2 N–H and O–H groups in total. The summed E-state index contributed by atoms with van der Waals surface area (Å²) >= 11 is 0. The normalized spacial score (nSPS) is 17.9. The highest BCUT2D eigenvalue weighted by Crippen LogP contribution is 2.18. The van der Waals surface area contributed by atoms with Crippen LogP contribution in [0.15, 0.2) is 18.3 Å². The smallest absolute Gasteiger partial charge is 0.221 e. The molecular weight excluding hydrogens is 290 g/mol. The van der Waals surface area contributed by atoms with Crippen LogP contribution in [0.3, 0.4) is 0 Å². The summed E-state index contributed by atoms with van der Waals surface area (Å²) in [5.41, 5.74) is 0.577. The van der Waals surface area contributed by atoms with Crippen LogP contribution in [0.25, 0.3) is 0 Å². The molecule has 0 saturated carbocycles. The molecule has 2 rings (SSSR count). The van der Waals surface area contributed by atoms with Gasteiger partial charge in [0.25, 0.3) is 0 Å². The number of anilines is 1. The van der Waals surface area contributed by atoms with E-state index in [4.69, 9.17) is 5.26 Å². The van der Waals surface area contributed by atoms with E-state index in [1.165, 1.54) is 0 Å². The minimum absolute atomic E-state index is 0.119. The van der Waals surface area contributed by atoms with Crippen molar-refractivity contribution in [2.75, 3.05) is 31.5 Å². The zero-order valence-electron chi connectivity index (χ0n) is 13.9. The Labute approximate surface area is 137 Å². The number of carbonyl (C=O) groups excluding carboxylic acids is 1. The summed E-state index contributed by atoms with van der Waals surface area (Å²) in [6.45, 7) is 7.57. The fourth-order valence-corrected chi connectivity index (χ4v) is 2.81. The second-order valence-corrected chi connectivity index (χ2v) is 6.32. The van der Waals surface area contributed by atoms with Crippen molar-refractivity contribution in [3.63, 3.8) is 0 Å². The molecule has 0 aliphatic carbocycles. The predicted octanol–water partition coefficient (Wildman–Crippen LogP) is 1.60. The summed E-state index contributed by atoms with van der Waals surface area (Å²) in [4.78, 5) is 18.2. The maximum absolute atomic E-state index is 11.7. The fourth-order valence-electron chi connectivity index (χ4n) is 2.81. The van der Waals surface area contributed by atoms with Crippen LogP contribution in [0, 0.1) is 17.2 Å². The topological polar surface area (TPSA) is 81.1 Å². The summed E-state index contributed by atoms with van der Waals surface area (Å²) in [7, 11) is 0. The average molecular weight is 315 g/mol. The first-order valence-electron chi connectivity index (χ1n) is 8.19. The Kier molecular flexibility index (Phi) is 6.36. The van der Waals surface area contributed by atoms with Crippen molar-refractivity contribution in [1.82, 2.24) is 15.2 Å². The van der Waals surface area contributed by atoms with E-state index in [0.717, 1.165) is 32.6 Å². The van der Waals surface area contributed by atoms with E-state index in [1.54, 1.807) is 18.3 Å². The number of pyridine rings is 1. The number of likely N-dealkylation sites (tertiary alicyclic amines) is 1. The van der Waals surface area contributed by atoms with Gasteiger partial charge in [-0.15, -0.1) is 0 Å². The van der Waals surface area contributed by atoms with E-state index in [9.17, 15) is 4.79 Å². The van der Waals surface area contributed by atoms with Gasteiger partial charge in [0.1, 0.15) is 11.9 Å². The number of hydrogen-bond donors (Lipinski definition) is 2.